The first-order valence-corrected chi connectivity index (χ1v) is 8.90. The molecule has 0 saturated heterocycles. The fourth-order valence-electron chi connectivity index (χ4n) is 3.78. The number of hydrogen-bond donors (Lipinski definition) is 1. The standard InChI is InChI=1S/C19H32N2/c1-4-18(20-5-2)17-14-10-11-15-19(17)21(6-3)16-12-8-7-9-13-16/h10-11,14-16,18,20H,4-9,12-13H2,1-3H3. The molecule has 2 heteroatoms. The van der Waals surface area contributed by atoms with Crippen molar-refractivity contribution in [2.24, 2.45) is 0 Å². The summed E-state index contributed by atoms with van der Waals surface area (Å²) in [4.78, 5) is 2.66. The average Bonchev–Trinajstić information content (AvgIpc) is 2.55. The number of nitrogens with zero attached hydrogens (tertiary/aromatic N) is 1. The fourth-order valence-corrected chi connectivity index (χ4v) is 3.78. The zero-order valence-corrected chi connectivity index (χ0v) is 14.1. The molecule has 1 saturated carbocycles. The number of nitrogens with one attached hydrogen (secondary N) is 1. The van der Waals surface area contributed by atoms with Crippen LogP contribution in [0.25, 0.3) is 0 Å². The third kappa shape index (κ3) is 4.00. The maximum absolute atomic E-state index is 3.64. The molecule has 1 aromatic carbocycles. The highest BCUT2D eigenvalue weighted by Gasteiger charge is 2.23. The summed E-state index contributed by atoms with van der Waals surface area (Å²) in [6.07, 6.45) is 8.08. The predicted molar refractivity (Wildman–Crippen MR) is 93.0 cm³/mol. The fraction of sp³-hybridized carbons (Fsp3) is 0.684. The molecule has 2 nitrogen and oxygen atoms in total. The zero-order valence-electron chi connectivity index (χ0n) is 14.1. The van der Waals surface area contributed by atoms with Crippen LogP contribution in [0.2, 0.25) is 0 Å². The van der Waals surface area contributed by atoms with Gasteiger partial charge in [-0.05, 0) is 44.4 Å². The van der Waals surface area contributed by atoms with Crippen LogP contribution in [0, 0.1) is 0 Å². The minimum absolute atomic E-state index is 0.476. The summed E-state index contributed by atoms with van der Waals surface area (Å²) in [5, 5.41) is 3.64. The van der Waals surface area contributed by atoms with Gasteiger partial charge in [-0.2, -0.15) is 0 Å². The summed E-state index contributed by atoms with van der Waals surface area (Å²) >= 11 is 0. The van der Waals surface area contributed by atoms with E-state index in [4.69, 9.17) is 0 Å². The number of para-hydroxylation sites is 1. The van der Waals surface area contributed by atoms with Crippen LogP contribution in [-0.4, -0.2) is 19.1 Å². The quantitative estimate of drug-likeness (QED) is 0.767. The summed E-state index contributed by atoms with van der Waals surface area (Å²) in [5.74, 6) is 0. The molecule has 21 heavy (non-hydrogen) atoms. The lowest BCUT2D eigenvalue weighted by atomic mass is 9.92. The molecule has 1 unspecified atom stereocenters. The topological polar surface area (TPSA) is 15.3 Å². The SMILES string of the molecule is CCNC(CC)c1ccccc1N(CC)C1CCCCC1. The monoisotopic (exact) mass is 288 g/mol. The van der Waals surface area contributed by atoms with Crippen LogP contribution in [0.15, 0.2) is 24.3 Å². The van der Waals surface area contributed by atoms with Gasteiger partial charge in [-0.3, -0.25) is 0 Å². The second kappa shape index (κ2) is 8.43. The van der Waals surface area contributed by atoms with E-state index in [9.17, 15) is 0 Å². The molecule has 0 spiro atoms. The van der Waals surface area contributed by atoms with Crippen molar-refractivity contribution in [3.63, 3.8) is 0 Å². The van der Waals surface area contributed by atoms with Gasteiger partial charge in [0, 0.05) is 24.3 Å². The van der Waals surface area contributed by atoms with Crippen LogP contribution in [0.1, 0.15) is 70.9 Å². The number of benzene rings is 1. The van der Waals surface area contributed by atoms with Gasteiger partial charge in [0.15, 0.2) is 0 Å². The van der Waals surface area contributed by atoms with Crippen molar-refractivity contribution in [1.82, 2.24) is 5.32 Å². The highest BCUT2D eigenvalue weighted by atomic mass is 15.2. The van der Waals surface area contributed by atoms with Gasteiger partial charge in [0.1, 0.15) is 0 Å². The van der Waals surface area contributed by atoms with E-state index in [1.165, 1.54) is 43.4 Å². The van der Waals surface area contributed by atoms with E-state index >= 15 is 0 Å². The molecule has 0 heterocycles. The summed E-state index contributed by atoms with van der Waals surface area (Å²) < 4.78 is 0. The Morgan fingerprint density at radius 1 is 1.10 bits per heavy atom. The first-order chi connectivity index (χ1) is 10.3. The molecule has 1 fully saturated rings. The number of rotatable bonds is 7. The molecule has 1 N–H and O–H groups in total. The van der Waals surface area contributed by atoms with E-state index < -0.39 is 0 Å². The van der Waals surface area contributed by atoms with Crippen molar-refractivity contribution < 1.29 is 0 Å². The van der Waals surface area contributed by atoms with Crippen LogP contribution >= 0.6 is 0 Å². The van der Waals surface area contributed by atoms with Crippen LogP contribution in [0.4, 0.5) is 5.69 Å². The summed E-state index contributed by atoms with van der Waals surface area (Å²) in [6, 6.07) is 10.2. The lowest BCUT2D eigenvalue weighted by Gasteiger charge is -2.37. The molecular formula is C19H32N2. The Bertz CT molecular complexity index is 410. The van der Waals surface area contributed by atoms with Crippen LogP contribution < -0.4 is 10.2 Å². The summed E-state index contributed by atoms with van der Waals surface area (Å²) in [5.41, 5.74) is 2.94. The molecule has 0 aliphatic heterocycles. The first kappa shape index (κ1) is 16.4. The van der Waals surface area contributed by atoms with Crippen LogP contribution in [-0.2, 0) is 0 Å². The van der Waals surface area contributed by atoms with Gasteiger partial charge in [-0.1, -0.05) is 51.3 Å². The third-order valence-electron chi connectivity index (χ3n) is 4.84. The molecular weight excluding hydrogens is 256 g/mol. The van der Waals surface area contributed by atoms with E-state index in [1.54, 1.807) is 0 Å². The number of hydrogen-bond acceptors (Lipinski definition) is 2. The summed E-state index contributed by atoms with van der Waals surface area (Å²) in [6.45, 7) is 8.93. The van der Waals surface area contributed by atoms with Gasteiger partial charge in [0.25, 0.3) is 0 Å². The van der Waals surface area contributed by atoms with E-state index in [2.05, 4.69) is 55.3 Å². The first-order valence-electron chi connectivity index (χ1n) is 8.90. The molecule has 0 amide bonds. The van der Waals surface area contributed by atoms with Crippen LogP contribution in [0.5, 0.6) is 0 Å². The Hall–Kier alpha value is -1.02. The van der Waals surface area contributed by atoms with Gasteiger partial charge in [-0.15, -0.1) is 0 Å². The highest BCUT2D eigenvalue weighted by Crippen LogP contribution is 2.33. The molecule has 2 rings (SSSR count). The molecule has 1 aliphatic rings. The molecule has 0 bridgehead atoms. The molecule has 1 atom stereocenters. The van der Waals surface area contributed by atoms with E-state index in [0.29, 0.717) is 6.04 Å². The predicted octanol–water partition coefficient (Wildman–Crippen LogP) is 4.91. The molecule has 1 aromatic rings. The van der Waals surface area contributed by atoms with Gasteiger partial charge in [0.05, 0.1) is 0 Å². The molecule has 118 valence electrons. The van der Waals surface area contributed by atoms with Crippen molar-refractivity contribution in [2.75, 3.05) is 18.0 Å². The molecule has 0 aromatic heterocycles. The smallest absolute Gasteiger partial charge is 0.0417 e. The van der Waals surface area contributed by atoms with Crippen molar-refractivity contribution in [3.8, 4) is 0 Å². The Labute approximate surface area is 130 Å². The third-order valence-corrected chi connectivity index (χ3v) is 4.84. The van der Waals surface area contributed by atoms with Crippen molar-refractivity contribution in [3.05, 3.63) is 29.8 Å². The van der Waals surface area contributed by atoms with E-state index in [0.717, 1.165) is 25.6 Å². The second-order valence-electron chi connectivity index (χ2n) is 6.16. The Kier molecular flexibility index (Phi) is 6.56. The van der Waals surface area contributed by atoms with E-state index in [-0.39, 0.29) is 0 Å². The minimum Gasteiger partial charge on any atom is -0.369 e. The Morgan fingerprint density at radius 2 is 1.81 bits per heavy atom. The average molecular weight is 288 g/mol. The van der Waals surface area contributed by atoms with Crippen molar-refractivity contribution in [1.29, 1.82) is 0 Å². The maximum Gasteiger partial charge on any atom is 0.0417 e. The highest BCUT2D eigenvalue weighted by molar-refractivity contribution is 5.56. The van der Waals surface area contributed by atoms with Gasteiger partial charge >= 0.3 is 0 Å². The maximum atomic E-state index is 3.64. The lowest BCUT2D eigenvalue weighted by Crippen LogP contribution is -2.38. The molecule has 0 radical (unpaired) electrons. The largest absolute Gasteiger partial charge is 0.369 e. The van der Waals surface area contributed by atoms with Crippen molar-refractivity contribution in [2.45, 2.75) is 71.4 Å². The van der Waals surface area contributed by atoms with Crippen molar-refractivity contribution >= 4 is 5.69 Å². The summed E-state index contributed by atoms with van der Waals surface area (Å²) in [7, 11) is 0. The van der Waals surface area contributed by atoms with Crippen LogP contribution in [0.3, 0.4) is 0 Å². The minimum atomic E-state index is 0.476. The normalized spacial score (nSPS) is 17.7. The molecule has 1 aliphatic carbocycles. The van der Waals surface area contributed by atoms with E-state index in [1.807, 2.05) is 0 Å². The Morgan fingerprint density at radius 3 is 2.43 bits per heavy atom. The second-order valence-corrected chi connectivity index (χ2v) is 6.16. The van der Waals surface area contributed by atoms with Gasteiger partial charge < -0.3 is 10.2 Å². The lowest BCUT2D eigenvalue weighted by molar-refractivity contribution is 0.416. The zero-order chi connectivity index (χ0) is 15.1. The van der Waals surface area contributed by atoms with Gasteiger partial charge in [-0.25, -0.2) is 0 Å². The number of anilines is 1. The Balaban J connectivity index is 2.27. The van der Waals surface area contributed by atoms with Gasteiger partial charge in [0.2, 0.25) is 0 Å².